The van der Waals surface area contributed by atoms with Crippen LogP contribution in [0.4, 0.5) is 13.2 Å². The van der Waals surface area contributed by atoms with Gasteiger partial charge in [-0.1, -0.05) is 12.1 Å². The minimum Gasteiger partial charge on any atom is -0.456 e. The summed E-state index contributed by atoms with van der Waals surface area (Å²) in [5, 5.41) is 5.82. The molecule has 3 aromatic heterocycles. The van der Waals surface area contributed by atoms with E-state index in [1.54, 1.807) is 79.1 Å². The van der Waals surface area contributed by atoms with Crippen molar-refractivity contribution in [1.82, 2.24) is 20.6 Å². The third kappa shape index (κ3) is 7.49. The van der Waals surface area contributed by atoms with Crippen LogP contribution in [0.3, 0.4) is 0 Å². The molecule has 0 unspecified atom stereocenters. The molecule has 0 saturated carbocycles. The topological polar surface area (TPSA) is 106 Å². The lowest BCUT2D eigenvalue weighted by Crippen LogP contribution is -2.40. The molecule has 5 aromatic rings. The summed E-state index contributed by atoms with van der Waals surface area (Å²) >= 11 is 0. The van der Waals surface area contributed by atoms with E-state index in [0.717, 1.165) is 0 Å². The monoisotopic (exact) mass is 616 g/mol. The van der Waals surface area contributed by atoms with Gasteiger partial charge in [0.2, 0.25) is 5.71 Å². The van der Waals surface area contributed by atoms with Crippen LogP contribution in [0.1, 0.15) is 53.6 Å². The van der Waals surface area contributed by atoms with Crippen LogP contribution in [0.15, 0.2) is 83.5 Å². The molecule has 0 atom stereocenters. The normalized spacial score (nSPS) is 11.8. The standard InChI is InChI=1S/C34H31F3N4O4/c1-33(2,3)41-30(42)22-8-5-7-21(17-22)25-18-26-28(31(43)38-4)29(45-32(26)40-27(25)14-15-34(35,36)37)20-10-12-23(13-11-20)44-24-9-6-16-39-19-24/h5-13,16-19H,14-15H2,1-4H3,(H,38,43)(H,41,42). The lowest BCUT2D eigenvalue weighted by molar-refractivity contribution is -0.134. The van der Waals surface area contributed by atoms with Crippen LogP contribution in [0, 0.1) is 0 Å². The molecule has 2 amide bonds. The first-order valence-electron chi connectivity index (χ1n) is 14.2. The number of hydrogen-bond donors (Lipinski definition) is 2. The van der Waals surface area contributed by atoms with Crippen LogP contribution >= 0.6 is 0 Å². The quantitative estimate of drug-likeness (QED) is 0.185. The lowest BCUT2D eigenvalue weighted by Gasteiger charge is -2.20. The van der Waals surface area contributed by atoms with Crippen molar-refractivity contribution in [3.63, 3.8) is 0 Å². The Morgan fingerprint density at radius 2 is 1.67 bits per heavy atom. The molecule has 0 bridgehead atoms. The van der Waals surface area contributed by atoms with Crippen LogP contribution < -0.4 is 15.4 Å². The van der Waals surface area contributed by atoms with E-state index in [2.05, 4.69) is 20.6 Å². The van der Waals surface area contributed by atoms with E-state index in [9.17, 15) is 22.8 Å². The van der Waals surface area contributed by atoms with E-state index in [1.165, 1.54) is 7.05 Å². The van der Waals surface area contributed by atoms with Crippen molar-refractivity contribution < 1.29 is 31.9 Å². The molecule has 0 aliphatic rings. The first-order valence-corrected chi connectivity index (χ1v) is 14.2. The Morgan fingerprint density at radius 1 is 0.911 bits per heavy atom. The summed E-state index contributed by atoms with van der Waals surface area (Å²) in [5.41, 5.74) is 1.51. The molecule has 2 aromatic carbocycles. The van der Waals surface area contributed by atoms with Crippen molar-refractivity contribution in [2.45, 2.75) is 45.3 Å². The summed E-state index contributed by atoms with van der Waals surface area (Å²) in [6, 6.07) is 18.5. The molecule has 232 valence electrons. The fourth-order valence-corrected chi connectivity index (χ4v) is 4.77. The van der Waals surface area contributed by atoms with E-state index in [1.807, 2.05) is 20.8 Å². The van der Waals surface area contributed by atoms with Crippen LogP contribution in [-0.4, -0.2) is 40.5 Å². The number of halogens is 3. The van der Waals surface area contributed by atoms with Crippen LogP contribution in [0.5, 0.6) is 11.5 Å². The Labute approximate surface area is 257 Å². The molecule has 5 rings (SSSR count). The first-order chi connectivity index (χ1) is 21.3. The highest BCUT2D eigenvalue weighted by Crippen LogP contribution is 2.38. The number of rotatable bonds is 8. The number of nitrogens with one attached hydrogen (secondary N) is 2. The average molecular weight is 617 g/mol. The van der Waals surface area contributed by atoms with Crippen molar-refractivity contribution in [3.05, 3.63) is 95.9 Å². The second-order valence-corrected chi connectivity index (χ2v) is 11.4. The van der Waals surface area contributed by atoms with E-state index < -0.39 is 30.5 Å². The summed E-state index contributed by atoms with van der Waals surface area (Å²) in [5.74, 6) is 0.469. The number of fused-ring (bicyclic) bond motifs is 1. The van der Waals surface area contributed by atoms with Gasteiger partial charge < -0.3 is 19.8 Å². The molecule has 3 heterocycles. The first kappa shape index (κ1) is 31.2. The van der Waals surface area contributed by atoms with Crippen molar-refractivity contribution in [2.24, 2.45) is 0 Å². The lowest BCUT2D eigenvalue weighted by atomic mass is 9.96. The Bertz CT molecular complexity index is 1840. The van der Waals surface area contributed by atoms with Gasteiger partial charge in [-0.2, -0.15) is 13.2 Å². The molecule has 0 aliphatic carbocycles. The van der Waals surface area contributed by atoms with Gasteiger partial charge in [-0.3, -0.25) is 14.6 Å². The van der Waals surface area contributed by atoms with Crippen molar-refractivity contribution in [2.75, 3.05) is 7.05 Å². The number of nitrogens with zero attached hydrogens (tertiary/aromatic N) is 2. The molecule has 0 spiro atoms. The number of aromatic nitrogens is 2. The highest BCUT2D eigenvalue weighted by Gasteiger charge is 2.29. The van der Waals surface area contributed by atoms with Gasteiger partial charge in [-0.25, -0.2) is 4.98 Å². The summed E-state index contributed by atoms with van der Waals surface area (Å²) < 4.78 is 52.0. The maximum atomic E-state index is 13.4. The summed E-state index contributed by atoms with van der Waals surface area (Å²) in [4.78, 5) is 34.7. The van der Waals surface area contributed by atoms with Crippen LogP contribution in [0.25, 0.3) is 33.6 Å². The number of alkyl halides is 3. The summed E-state index contributed by atoms with van der Waals surface area (Å²) in [6.07, 6.45) is -2.77. The number of amides is 2. The molecular formula is C34H31F3N4O4. The van der Waals surface area contributed by atoms with Gasteiger partial charge in [0, 0.05) is 41.9 Å². The Morgan fingerprint density at radius 3 is 2.31 bits per heavy atom. The average Bonchev–Trinajstić information content (AvgIpc) is 3.37. The molecular weight excluding hydrogens is 585 g/mol. The van der Waals surface area contributed by atoms with Crippen LogP contribution in [-0.2, 0) is 6.42 Å². The van der Waals surface area contributed by atoms with Gasteiger partial charge >= 0.3 is 6.18 Å². The number of carbonyl (C=O) groups is 2. The van der Waals surface area contributed by atoms with Gasteiger partial charge in [-0.05, 0) is 87.4 Å². The van der Waals surface area contributed by atoms with E-state index in [0.29, 0.717) is 39.1 Å². The number of carbonyl (C=O) groups excluding carboxylic acids is 2. The Hall–Kier alpha value is -5.19. The largest absolute Gasteiger partial charge is 0.456 e. The number of ether oxygens (including phenoxy) is 1. The van der Waals surface area contributed by atoms with Crippen LogP contribution in [0.2, 0.25) is 0 Å². The fourth-order valence-electron chi connectivity index (χ4n) is 4.77. The minimum atomic E-state index is -4.43. The van der Waals surface area contributed by atoms with Gasteiger partial charge in [0.25, 0.3) is 11.8 Å². The van der Waals surface area contributed by atoms with Crippen molar-refractivity contribution >= 4 is 22.9 Å². The van der Waals surface area contributed by atoms with E-state index in [-0.39, 0.29) is 28.6 Å². The zero-order chi connectivity index (χ0) is 32.4. The number of benzene rings is 2. The highest BCUT2D eigenvalue weighted by atomic mass is 19.4. The van der Waals surface area contributed by atoms with E-state index in [4.69, 9.17) is 9.15 Å². The second-order valence-electron chi connectivity index (χ2n) is 11.4. The Kier molecular flexibility index (Phi) is 8.63. The van der Waals surface area contributed by atoms with Gasteiger partial charge in [0.15, 0.2) is 0 Å². The minimum absolute atomic E-state index is 0.0156. The number of furan rings is 1. The molecule has 45 heavy (non-hydrogen) atoms. The Balaban J connectivity index is 1.62. The third-order valence-electron chi connectivity index (χ3n) is 6.77. The molecule has 2 N–H and O–H groups in total. The van der Waals surface area contributed by atoms with Crippen molar-refractivity contribution in [3.8, 4) is 33.9 Å². The van der Waals surface area contributed by atoms with Gasteiger partial charge in [0.1, 0.15) is 17.3 Å². The zero-order valence-corrected chi connectivity index (χ0v) is 25.1. The van der Waals surface area contributed by atoms with Gasteiger partial charge in [0.05, 0.1) is 22.8 Å². The summed E-state index contributed by atoms with van der Waals surface area (Å²) in [7, 11) is 1.47. The predicted octanol–water partition coefficient (Wildman–Crippen LogP) is 7.73. The third-order valence-corrected chi connectivity index (χ3v) is 6.77. The second kappa shape index (κ2) is 12.4. The summed E-state index contributed by atoms with van der Waals surface area (Å²) in [6.45, 7) is 5.54. The maximum absolute atomic E-state index is 13.4. The number of aryl methyl sites for hydroxylation is 1. The molecule has 11 heteroatoms. The zero-order valence-electron chi connectivity index (χ0n) is 25.1. The predicted molar refractivity (Wildman–Crippen MR) is 164 cm³/mol. The molecule has 0 radical (unpaired) electrons. The highest BCUT2D eigenvalue weighted by molar-refractivity contribution is 6.11. The SMILES string of the molecule is CNC(=O)c1c(-c2ccc(Oc3cccnc3)cc2)oc2nc(CCC(F)(F)F)c(-c3cccc(C(=O)NC(C)(C)C)c3)cc12. The number of hydrogen-bond acceptors (Lipinski definition) is 6. The smallest absolute Gasteiger partial charge is 0.389 e. The fraction of sp³-hybridized carbons (Fsp3) is 0.235. The molecule has 0 saturated heterocycles. The molecule has 0 aliphatic heterocycles. The van der Waals surface area contributed by atoms with Crippen molar-refractivity contribution in [1.29, 1.82) is 0 Å². The molecule has 0 fully saturated rings. The maximum Gasteiger partial charge on any atom is 0.389 e. The number of pyridine rings is 2. The molecule has 8 nitrogen and oxygen atoms in total. The van der Waals surface area contributed by atoms with E-state index >= 15 is 0 Å². The van der Waals surface area contributed by atoms with Gasteiger partial charge in [-0.15, -0.1) is 0 Å².